The van der Waals surface area contributed by atoms with Gasteiger partial charge >= 0.3 is 5.97 Å². The van der Waals surface area contributed by atoms with Crippen molar-refractivity contribution < 1.29 is 22.7 Å². The Morgan fingerprint density at radius 2 is 2.25 bits per heavy atom. The lowest BCUT2D eigenvalue weighted by Gasteiger charge is -2.11. The summed E-state index contributed by atoms with van der Waals surface area (Å²) in [6, 6.07) is 0.476. The standard InChI is InChI=1S/C11H13N3O5S/c1-6(8-4-12-13-5-8)14-20(17,18)10-3-9(11(15)16)19-7(10)2/h3-6,14H,1-2H3,(H,12,13)(H,15,16). The first-order valence-electron chi connectivity index (χ1n) is 5.66. The Morgan fingerprint density at radius 3 is 2.75 bits per heavy atom. The number of hydrogen-bond acceptors (Lipinski definition) is 5. The Kier molecular flexibility index (Phi) is 3.64. The lowest BCUT2D eigenvalue weighted by Crippen LogP contribution is -2.26. The highest BCUT2D eigenvalue weighted by molar-refractivity contribution is 7.89. The fourth-order valence-electron chi connectivity index (χ4n) is 1.70. The molecule has 0 aliphatic carbocycles. The molecule has 8 nitrogen and oxygen atoms in total. The van der Waals surface area contributed by atoms with E-state index in [0.29, 0.717) is 5.56 Å². The summed E-state index contributed by atoms with van der Waals surface area (Å²) >= 11 is 0. The number of aryl methyl sites for hydroxylation is 1. The largest absolute Gasteiger partial charge is 0.475 e. The molecule has 0 radical (unpaired) electrons. The molecule has 2 aromatic rings. The van der Waals surface area contributed by atoms with Gasteiger partial charge in [0.1, 0.15) is 10.7 Å². The van der Waals surface area contributed by atoms with Gasteiger partial charge in [-0.05, 0) is 13.8 Å². The van der Waals surface area contributed by atoms with Crippen LogP contribution < -0.4 is 4.72 Å². The van der Waals surface area contributed by atoms with E-state index in [4.69, 9.17) is 9.52 Å². The second kappa shape index (κ2) is 5.10. The maximum absolute atomic E-state index is 12.2. The van der Waals surface area contributed by atoms with Gasteiger partial charge in [0.15, 0.2) is 0 Å². The van der Waals surface area contributed by atoms with Crippen molar-refractivity contribution in [2.45, 2.75) is 24.8 Å². The van der Waals surface area contributed by atoms with Crippen LogP contribution in [0.15, 0.2) is 27.8 Å². The van der Waals surface area contributed by atoms with Crippen molar-refractivity contribution in [2.24, 2.45) is 0 Å². The molecular weight excluding hydrogens is 286 g/mol. The molecule has 108 valence electrons. The zero-order chi connectivity index (χ0) is 14.9. The lowest BCUT2D eigenvalue weighted by atomic mass is 10.2. The molecule has 0 aromatic carbocycles. The Balaban J connectivity index is 2.29. The number of sulfonamides is 1. The van der Waals surface area contributed by atoms with Gasteiger partial charge in [0.2, 0.25) is 15.8 Å². The van der Waals surface area contributed by atoms with Gasteiger partial charge in [-0.3, -0.25) is 5.10 Å². The molecule has 0 aliphatic rings. The number of nitrogens with one attached hydrogen (secondary N) is 2. The summed E-state index contributed by atoms with van der Waals surface area (Å²) in [5, 5.41) is 15.1. The molecule has 2 heterocycles. The van der Waals surface area contributed by atoms with E-state index in [1.165, 1.54) is 13.1 Å². The fraction of sp³-hybridized carbons (Fsp3) is 0.273. The Hall–Kier alpha value is -2.13. The molecule has 1 atom stereocenters. The van der Waals surface area contributed by atoms with E-state index in [1.54, 1.807) is 13.1 Å². The van der Waals surface area contributed by atoms with Gasteiger partial charge in [0.25, 0.3) is 0 Å². The van der Waals surface area contributed by atoms with E-state index in [9.17, 15) is 13.2 Å². The molecular formula is C11H13N3O5S. The van der Waals surface area contributed by atoms with Gasteiger partial charge in [-0.15, -0.1) is 0 Å². The van der Waals surface area contributed by atoms with Gasteiger partial charge in [0, 0.05) is 23.9 Å². The third-order valence-corrected chi connectivity index (χ3v) is 4.37. The SMILES string of the molecule is Cc1oc(C(=O)O)cc1S(=O)(=O)NC(C)c1cn[nH]c1. The van der Waals surface area contributed by atoms with Gasteiger partial charge in [-0.25, -0.2) is 17.9 Å². The van der Waals surface area contributed by atoms with Crippen molar-refractivity contribution in [1.82, 2.24) is 14.9 Å². The lowest BCUT2D eigenvalue weighted by molar-refractivity contribution is 0.0661. The molecule has 1 unspecified atom stereocenters. The second-order valence-electron chi connectivity index (χ2n) is 4.21. The van der Waals surface area contributed by atoms with Crippen molar-refractivity contribution in [3.63, 3.8) is 0 Å². The average Bonchev–Trinajstić information content (AvgIpc) is 2.96. The minimum Gasteiger partial charge on any atom is -0.475 e. The number of carboxylic acid groups (broad SMARTS) is 1. The average molecular weight is 299 g/mol. The first-order chi connectivity index (χ1) is 9.31. The van der Waals surface area contributed by atoms with Crippen molar-refractivity contribution >= 4 is 16.0 Å². The van der Waals surface area contributed by atoms with Gasteiger partial charge in [-0.1, -0.05) is 0 Å². The van der Waals surface area contributed by atoms with E-state index in [-0.39, 0.29) is 10.7 Å². The molecule has 20 heavy (non-hydrogen) atoms. The quantitative estimate of drug-likeness (QED) is 0.757. The summed E-state index contributed by atoms with van der Waals surface area (Å²) in [5.74, 6) is -1.72. The van der Waals surface area contributed by atoms with Crippen LogP contribution in [0, 0.1) is 6.92 Å². The molecule has 2 rings (SSSR count). The predicted octanol–water partition coefficient (Wildman–Crippen LogP) is 1.05. The number of aromatic carboxylic acids is 1. The number of carbonyl (C=O) groups is 1. The summed E-state index contributed by atoms with van der Waals surface area (Å²) in [5.41, 5.74) is 0.660. The number of rotatable bonds is 5. The van der Waals surface area contributed by atoms with Crippen molar-refractivity contribution in [3.8, 4) is 0 Å². The summed E-state index contributed by atoms with van der Waals surface area (Å²) in [6.07, 6.45) is 3.07. The Labute approximate surface area is 114 Å². The molecule has 0 saturated heterocycles. The topological polar surface area (TPSA) is 125 Å². The summed E-state index contributed by atoms with van der Waals surface area (Å²) in [6.45, 7) is 3.04. The van der Waals surface area contributed by atoms with Crippen LogP contribution in [0.5, 0.6) is 0 Å². The van der Waals surface area contributed by atoms with Crippen LogP contribution in [0.3, 0.4) is 0 Å². The normalized spacial score (nSPS) is 13.3. The first-order valence-corrected chi connectivity index (χ1v) is 7.14. The predicted molar refractivity (Wildman–Crippen MR) is 67.7 cm³/mol. The number of aromatic amines is 1. The van der Waals surface area contributed by atoms with Gasteiger partial charge in [0.05, 0.1) is 6.20 Å². The van der Waals surface area contributed by atoms with Crippen LogP contribution in [0.1, 0.15) is 34.8 Å². The number of aromatic nitrogens is 2. The van der Waals surface area contributed by atoms with E-state index >= 15 is 0 Å². The van der Waals surface area contributed by atoms with Gasteiger partial charge in [-0.2, -0.15) is 5.10 Å². The fourth-order valence-corrected chi connectivity index (χ4v) is 3.11. The molecule has 3 N–H and O–H groups in total. The molecule has 0 spiro atoms. The van der Waals surface area contributed by atoms with Crippen LogP contribution >= 0.6 is 0 Å². The molecule has 0 amide bonds. The van der Waals surface area contributed by atoms with Gasteiger partial charge < -0.3 is 9.52 Å². The Morgan fingerprint density at radius 1 is 1.55 bits per heavy atom. The molecule has 2 aromatic heterocycles. The summed E-state index contributed by atoms with van der Waals surface area (Å²) in [4.78, 5) is 10.6. The minimum atomic E-state index is -3.88. The third-order valence-electron chi connectivity index (χ3n) is 2.72. The van der Waals surface area contributed by atoms with E-state index < -0.39 is 27.8 Å². The highest BCUT2D eigenvalue weighted by Gasteiger charge is 2.25. The zero-order valence-electron chi connectivity index (χ0n) is 10.7. The maximum atomic E-state index is 12.2. The molecule has 0 saturated carbocycles. The second-order valence-corrected chi connectivity index (χ2v) is 5.89. The van der Waals surface area contributed by atoms with E-state index in [2.05, 4.69) is 14.9 Å². The number of furan rings is 1. The van der Waals surface area contributed by atoms with Crippen LogP contribution in [0.25, 0.3) is 0 Å². The van der Waals surface area contributed by atoms with Crippen LogP contribution in [0.4, 0.5) is 0 Å². The molecule has 0 aliphatic heterocycles. The molecule has 9 heteroatoms. The van der Waals surface area contributed by atoms with Crippen LogP contribution in [-0.2, 0) is 10.0 Å². The molecule has 0 fully saturated rings. The zero-order valence-corrected chi connectivity index (χ0v) is 11.6. The maximum Gasteiger partial charge on any atom is 0.371 e. The number of hydrogen-bond donors (Lipinski definition) is 3. The van der Waals surface area contributed by atoms with Crippen molar-refractivity contribution in [3.05, 3.63) is 35.5 Å². The van der Waals surface area contributed by atoms with Crippen LogP contribution in [-0.4, -0.2) is 29.7 Å². The Bertz CT molecular complexity index is 717. The van der Waals surface area contributed by atoms with E-state index in [1.807, 2.05) is 0 Å². The summed E-state index contributed by atoms with van der Waals surface area (Å²) in [7, 11) is -3.88. The number of H-pyrrole nitrogens is 1. The number of carboxylic acids is 1. The molecule has 0 bridgehead atoms. The third kappa shape index (κ3) is 2.73. The van der Waals surface area contributed by atoms with Crippen molar-refractivity contribution in [1.29, 1.82) is 0 Å². The minimum absolute atomic E-state index is 0.0225. The monoisotopic (exact) mass is 299 g/mol. The highest BCUT2D eigenvalue weighted by Crippen LogP contribution is 2.22. The highest BCUT2D eigenvalue weighted by atomic mass is 32.2. The van der Waals surface area contributed by atoms with E-state index in [0.717, 1.165) is 6.07 Å². The first kappa shape index (κ1) is 14.3. The number of nitrogens with zero attached hydrogens (tertiary/aromatic N) is 1. The smallest absolute Gasteiger partial charge is 0.371 e. The summed E-state index contributed by atoms with van der Waals surface area (Å²) < 4.78 is 31.7. The van der Waals surface area contributed by atoms with Crippen LogP contribution in [0.2, 0.25) is 0 Å². The van der Waals surface area contributed by atoms with Crippen molar-refractivity contribution in [2.75, 3.05) is 0 Å².